The molecule has 1 atom stereocenters. The number of urea groups is 1. The van der Waals surface area contributed by atoms with Gasteiger partial charge in [-0.15, -0.1) is 0 Å². The highest BCUT2D eigenvalue weighted by Crippen LogP contribution is 2.29. The third-order valence-corrected chi connectivity index (χ3v) is 4.67. The predicted molar refractivity (Wildman–Crippen MR) is 109 cm³/mol. The number of ether oxygens (including phenoxy) is 1. The van der Waals surface area contributed by atoms with Crippen LogP contribution in [0.1, 0.15) is 36.6 Å². The van der Waals surface area contributed by atoms with Gasteiger partial charge in [0.25, 0.3) is 5.91 Å². The Morgan fingerprint density at radius 2 is 1.82 bits per heavy atom. The minimum atomic E-state index is -0.546. The molecule has 0 fully saturated rings. The molecule has 0 unspecified atom stereocenters. The minimum absolute atomic E-state index is 0.254. The summed E-state index contributed by atoms with van der Waals surface area (Å²) in [6, 6.07) is 12.4. The first-order valence-electron chi connectivity index (χ1n) is 9.28. The Morgan fingerprint density at radius 1 is 1.11 bits per heavy atom. The topological polar surface area (TPSA) is 79.5 Å². The van der Waals surface area contributed by atoms with Crippen molar-refractivity contribution in [3.8, 4) is 5.75 Å². The van der Waals surface area contributed by atoms with Crippen molar-refractivity contribution in [3.63, 3.8) is 0 Å². The summed E-state index contributed by atoms with van der Waals surface area (Å²) in [6.45, 7) is 8.19. The second kappa shape index (κ2) is 8.17. The van der Waals surface area contributed by atoms with Gasteiger partial charge in [0.1, 0.15) is 5.75 Å². The second-order valence-electron chi connectivity index (χ2n) is 6.84. The molecule has 1 heterocycles. The Labute approximate surface area is 165 Å². The molecule has 1 aliphatic rings. The molecule has 2 aromatic rings. The van der Waals surface area contributed by atoms with E-state index in [1.807, 2.05) is 63.2 Å². The fourth-order valence-corrected chi connectivity index (χ4v) is 3.31. The number of carbonyl (C=O) groups excluding carboxylic acids is 2. The molecule has 0 bridgehead atoms. The zero-order chi connectivity index (χ0) is 20.3. The summed E-state index contributed by atoms with van der Waals surface area (Å²) in [5.74, 6) is 0.490. The number of nitrogens with one attached hydrogen (secondary N) is 3. The van der Waals surface area contributed by atoms with Crippen molar-refractivity contribution in [2.24, 2.45) is 0 Å². The highest BCUT2D eigenvalue weighted by Gasteiger charge is 2.31. The van der Waals surface area contributed by atoms with E-state index in [0.29, 0.717) is 17.9 Å². The Morgan fingerprint density at radius 3 is 2.46 bits per heavy atom. The van der Waals surface area contributed by atoms with Crippen LogP contribution in [0.25, 0.3) is 0 Å². The van der Waals surface area contributed by atoms with Gasteiger partial charge in [-0.25, -0.2) is 4.79 Å². The molecule has 3 amide bonds. The lowest BCUT2D eigenvalue weighted by Gasteiger charge is -2.29. The first-order chi connectivity index (χ1) is 13.4. The van der Waals surface area contributed by atoms with Crippen LogP contribution in [0.4, 0.5) is 10.5 Å². The maximum atomic E-state index is 13.1. The van der Waals surface area contributed by atoms with Crippen molar-refractivity contribution in [2.45, 2.75) is 33.7 Å². The van der Waals surface area contributed by atoms with E-state index in [1.165, 1.54) is 0 Å². The minimum Gasteiger partial charge on any atom is -0.494 e. The van der Waals surface area contributed by atoms with Crippen molar-refractivity contribution in [2.75, 3.05) is 11.9 Å². The lowest BCUT2D eigenvalue weighted by molar-refractivity contribution is -0.113. The molecular weight excluding hydrogens is 354 g/mol. The van der Waals surface area contributed by atoms with Gasteiger partial charge >= 0.3 is 6.03 Å². The van der Waals surface area contributed by atoms with Crippen molar-refractivity contribution >= 4 is 17.6 Å². The van der Waals surface area contributed by atoms with Gasteiger partial charge in [0.15, 0.2) is 0 Å². The van der Waals surface area contributed by atoms with E-state index in [2.05, 4.69) is 16.0 Å². The highest BCUT2D eigenvalue weighted by atomic mass is 16.5. The third kappa shape index (κ3) is 4.17. The van der Waals surface area contributed by atoms with Crippen LogP contribution in [0.5, 0.6) is 5.75 Å². The van der Waals surface area contributed by atoms with Crippen molar-refractivity contribution in [3.05, 3.63) is 70.4 Å². The second-order valence-corrected chi connectivity index (χ2v) is 6.84. The Hall–Kier alpha value is -3.28. The maximum Gasteiger partial charge on any atom is 0.319 e. The van der Waals surface area contributed by atoms with Crippen LogP contribution in [0.2, 0.25) is 0 Å². The molecule has 1 aliphatic heterocycles. The summed E-state index contributed by atoms with van der Waals surface area (Å²) in [7, 11) is 0. The maximum absolute atomic E-state index is 13.1. The number of anilines is 1. The average molecular weight is 379 g/mol. The molecule has 0 aliphatic carbocycles. The van der Waals surface area contributed by atoms with E-state index >= 15 is 0 Å². The zero-order valence-corrected chi connectivity index (χ0v) is 16.6. The molecule has 6 heteroatoms. The number of hydrogen-bond donors (Lipinski definition) is 3. The van der Waals surface area contributed by atoms with Crippen molar-refractivity contribution < 1.29 is 14.3 Å². The van der Waals surface area contributed by atoms with Crippen LogP contribution in [0.3, 0.4) is 0 Å². The van der Waals surface area contributed by atoms with E-state index in [-0.39, 0.29) is 11.9 Å². The normalized spacial score (nSPS) is 16.3. The summed E-state index contributed by atoms with van der Waals surface area (Å²) in [6.07, 6.45) is 0. The van der Waals surface area contributed by atoms with E-state index in [4.69, 9.17) is 4.74 Å². The molecule has 0 saturated heterocycles. The number of benzene rings is 2. The molecule has 3 rings (SSSR count). The van der Waals surface area contributed by atoms with Crippen molar-refractivity contribution in [1.82, 2.24) is 10.6 Å². The molecular formula is C22H25N3O3. The van der Waals surface area contributed by atoms with E-state index < -0.39 is 6.04 Å². The summed E-state index contributed by atoms with van der Waals surface area (Å²) in [5, 5.41) is 8.51. The van der Waals surface area contributed by atoms with E-state index in [0.717, 1.165) is 28.1 Å². The Balaban J connectivity index is 1.91. The van der Waals surface area contributed by atoms with Crippen molar-refractivity contribution in [1.29, 1.82) is 0 Å². The molecule has 28 heavy (non-hydrogen) atoms. The smallest absolute Gasteiger partial charge is 0.319 e. The van der Waals surface area contributed by atoms with E-state index in [9.17, 15) is 9.59 Å². The Bertz CT molecular complexity index is 933. The van der Waals surface area contributed by atoms with E-state index in [1.54, 1.807) is 6.92 Å². The number of rotatable bonds is 5. The summed E-state index contributed by atoms with van der Waals surface area (Å²) < 4.78 is 5.48. The molecule has 2 aromatic carbocycles. The number of amides is 3. The van der Waals surface area contributed by atoms with Gasteiger partial charge in [-0.2, -0.15) is 0 Å². The van der Waals surface area contributed by atoms with Crippen LogP contribution in [-0.2, 0) is 4.79 Å². The standard InChI is InChI=1S/C22H25N3O3/c1-5-28-17-9-7-16(8-10-17)20-19(15(4)23-22(27)25-20)21(26)24-18-11-6-13(2)12-14(18)3/h6-12,20H,5H2,1-4H3,(H,24,26)(H2,23,25,27)/t20-/m1/s1. The fraction of sp³-hybridized carbons (Fsp3) is 0.273. The van der Waals surface area contributed by atoms with Gasteiger partial charge in [-0.3, -0.25) is 4.79 Å². The number of hydrogen-bond acceptors (Lipinski definition) is 3. The molecule has 3 N–H and O–H groups in total. The van der Waals surface area contributed by atoms with Gasteiger partial charge in [0.2, 0.25) is 0 Å². The largest absolute Gasteiger partial charge is 0.494 e. The zero-order valence-electron chi connectivity index (χ0n) is 16.6. The highest BCUT2D eigenvalue weighted by molar-refractivity contribution is 6.07. The third-order valence-electron chi connectivity index (χ3n) is 4.67. The number of carbonyl (C=O) groups is 2. The van der Waals surface area contributed by atoms with Crippen LogP contribution >= 0.6 is 0 Å². The van der Waals surface area contributed by atoms with Gasteiger partial charge in [-0.05, 0) is 57.0 Å². The lowest BCUT2D eigenvalue weighted by atomic mass is 9.94. The number of aryl methyl sites for hydroxylation is 2. The first kappa shape index (κ1) is 19.5. The number of allylic oxidation sites excluding steroid dienone is 1. The molecule has 146 valence electrons. The molecule has 6 nitrogen and oxygen atoms in total. The lowest BCUT2D eigenvalue weighted by Crippen LogP contribution is -2.46. The summed E-state index contributed by atoms with van der Waals surface area (Å²) in [4.78, 5) is 25.1. The molecule has 0 spiro atoms. The summed E-state index contributed by atoms with van der Waals surface area (Å²) >= 11 is 0. The van der Waals surface area contributed by atoms with Gasteiger partial charge < -0.3 is 20.7 Å². The Kier molecular flexibility index (Phi) is 5.68. The van der Waals surface area contributed by atoms with Gasteiger partial charge in [0.05, 0.1) is 18.2 Å². The van der Waals surface area contributed by atoms with Gasteiger partial charge in [0, 0.05) is 11.4 Å². The fourth-order valence-electron chi connectivity index (χ4n) is 3.31. The van der Waals surface area contributed by atoms with Gasteiger partial charge in [-0.1, -0.05) is 29.8 Å². The van der Waals surface area contributed by atoms with Crippen LogP contribution in [0.15, 0.2) is 53.7 Å². The monoisotopic (exact) mass is 379 g/mol. The quantitative estimate of drug-likeness (QED) is 0.735. The average Bonchev–Trinajstić information content (AvgIpc) is 2.64. The SMILES string of the molecule is CCOc1ccc([C@H]2NC(=O)NC(C)=C2C(=O)Nc2ccc(C)cc2C)cc1. The summed E-state index contributed by atoms with van der Waals surface area (Å²) in [5.41, 5.74) is 4.68. The molecule has 0 saturated carbocycles. The van der Waals surface area contributed by atoms with Crippen LogP contribution < -0.4 is 20.7 Å². The molecule has 0 aromatic heterocycles. The first-order valence-corrected chi connectivity index (χ1v) is 9.28. The predicted octanol–water partition coefficient (Wildman–Crippen LogP) is 3.97. The molecule has 0 radical (unpaired) electrons. The van der Waals surface area contributed by atoms with Crippen LogP contribution in [0, 0.1) is 13.8 Å². The van der Waals surface area contributed by atoms with Crippen LogP contribution in [-0.4, -0.2) is 18.5 Å².